The first-order chi connectivity index (χ1) is 17.7. The van der Waals surface area contributed by atoms with Gasteiger partial charge in [-0.2, -0.15) is 0 Å². The molecule has 1 aliphatic carbocycles. The van der Waals surface area contributed by atoms with Crippen molar-refractivity contribution in [3.63, 3.8) is 0 Å². The summed E-state index contributed by atoms with van der Waals surface area (Å²) in [7, 11) is 0. The van der Waals surface area contributed by atoms with Crippen LogP contribution in [0.1, 0.15) is 41.2 Å². The number of benzene rings is 4. The van der Waals surface area contributed by atoms with Crippen LogP contribution in [0, 0.1) is 0 Å². The molecule has 0 amide bonds. The Labute approximate surface area is 208 Å². The highest BCUT2D eigenvalue weighted by Crippen LogP contribution is 2.41. The number of rotatable bonds is 8. The molecule has 1 fully saturated rings. The topological polar surface area (TPSA) is 68.9 Å². The number of fused-ring (bicyclic) bond motifs is 2. The molecule has 0 unspecified atom stereocenters. The number of aliphatic hydroxyl groups excluding tert-OH is 1. The Balaban J connectivity index is 1.36. The first kappa shape index (κ1) is 22.4. The first-order valence-electron chi connectivity index (χ1n) is 12.2. The lowest BCUT2D eigenvalue weighted by molar-refractivity contribution is 0.268. The molecular weight excluding hydrogens is 452 g/mol. The maximum atomic E-state index is 13.1. The third kappa shape index (κ3) is 4.45. The Morgan fingerprint density at radius 2 is 1.53 bits per heavy atom. The third-order valence-corrected chi connectivity index (χ3v) is 6.71. The van der Waals surface area contributed by atoms with Crippen molar-refractivity contribution in [2.45, 2.75) is 38.6 Å². The van der Waals surface area contributed by atoms with E-state index in [0.29, 0.717) is 35.0 Å². The normalized spacial score (nSPS) is 13.2. The van der Waals surface area contributed by atoms with Crippen LogP contribution in [0.4, 0.5) is 0 Å². The number of ether oxygens (including phenoxy) is 2. The van der Waals surface area contributed by atoms with Crippen LogP contribution in [0.25, 0.3) is 21.7 Å². The van der Waals surface area contributed by atoms with Gasteiger partial charge in [0.05, 0.1) is 6.61 Å². The largest absolute Gasteiger partial charge is 0.489 e. The van der Waals surface area contributed by atoms with Gasteiger partial charge in [0.1, 0.15) is 41.4 Å². The van der Waals surface area contributed by atoms with Gasteiger partial charge in [0, 0.05) is 24.1 Å². The molecule has 0 saturated heterocycles. The maximum absolute atomic E-state index is 13.1. The zero-order valence-corrected chi connectivity index (χ0v) is 19.8. The minimum atomic E-state index is -0.121. The van der Waals surface area contributed by atoms with Crippen LogP contribution in [-0.2, 0) is 19.8 Å². The van der Waals surface area contributed by atoms with Gasteiger partial charge >= 0.3 is 0 Å². The van der Waals surface area contributed by atoms with Gasteiger partial charge in [-0.15, -0.1) is 0 Å². The highest BCUT2D eigenvalue weighted by molar-refractivity contribution is 5.86. The summed E-state index contributed by atoms with van der Waals surface area (Å²) in [6.07, 6.45) is 2.07. The molecule has 0 bridgehead atoms. The van der Waals surface area contributed by atoms with E-state index in [0.717, 1.165) is 46.1 Å². The van der Waals surface area contributed by atoms with Gasteiger partial charge in [-0.05, 0) is 40.3 Å². The molecule has 6 rings (SSSR count). The first-order valence-corrected chi connectivity index (χ1v) is 12.2. The molecule has 1 aromatic heterocycles. The average molecular weight is 479 g/mol. The van der Waals surface area contributed by atoms with Gasteiger partial charge in [-0.3, -0.25) is 4.79 Å². The van der Waals surface area contributed by atoms with Crippen LogP contribution in [-0.4, -0.2) is 5.11 Å². The standard InChI is InChI=1S/C31H26O5/c32-17-22-7-1-2-8-23(22)18-35-29-14-25(15-30-31(29)27(33)16-28(36-30)21-12-13-21)34-19-24-10-5-9-20-6-3-4-11-26(20)24/h1-11,14-16,21,32H,12-13,17-19H2. The van der Waals surface area contributed by atoms with Gasteiger partial charge in [0.15, 0.2) is 5.43 Å². The predicted octanol–water partition coefficient (Wildman–Crippen LogP) is 6.47. The summed E-state index contributed by atoms with van der Waals surface area (Å²) < 4.78 is 18.5. The minimum absolute atomic E-state index is 0.0820. The Kier molecular flexibility index (Phi) is 5.91. The number of hydrogen-bond acceptors (Lipinski definition) is 5. The number of hydrogen-bond donors (Lipinski definition) is 1. The Morgan fingerprint density at radius 3 is 2.36 bits per heavy atom. The maximum Gasteiger partial charge on any atom is 0.196 e. The second-order valence-electron chi connectivity index (χ2n) is 9.22. The second-order valence-corrected chi connectivity index (χ2v) is 9.22. The molecule has 180 valence electrons. The fourth-order valence-electron chi connectivity index (χ4n) is 4.60. The van der Waals surface area contributed by atoms with Crippen LogP contribution >= 0.6 is 0 Å². The molecule has 5 heteroatoms. The highest BCUT2D eigenvalue weighted by Gasteiger charge is 2.27. The van der Waals surface area contributed by atoms with E-state index < -0.39 is 0 Å². The lowest BCUT2D eigenvalue weighted by Crippen LogP contribution is -2.07. The summed E-state index contributed by atoms with van der Waals surface area (Å²) in [6.45, 7) is 0.496. The SMILES string of the molecule is O=c1cc(C2CC2)oc2cc(OCc3cccc4ccccc34)cc(OCc3ccccc3CO)c12. The monoisotopic (exact) mass is 478 g/mol. The van der Waals surface area contributed by atoms with Crippen molar-refractivity contribution in [3.05, 3.63) is 118 Å². The van der Waals surface area contributed by atoms with E-state index in [1.165, 1.54) is 0 Å². The number of aliphatic hydroxyl groups is 1. The molecule has 0 atom stereocenters. The molecule has 36 heavy (non-hydrogen) atoms. The van der Waals surface area contributed by atoms with E-state index >= 15 is 0 Å². The molecule has 1 N–H and O–H groups in total. The lowest BCUT2D eigenvalue weighted by Gasteiger charge is -2.14. The van der Waals surface area contributed by atoms with E-state index in [1.54, 1.807) is 18.2 Å². The Morgan fingerprint density at radius 1 is 0.806 bits per heavy atom. The summed E-state index contributed by atoms with van der Waals surface area (Å²) in [4.78, 5) is 13.1. The molecule has 0 spiro atoms. The molecular formula is C31H26O5. The molecule has 0 radical (unpaired) electrons. The Hall–Kier alpha value is -4.09. The van der Waals surface area contributed by atoms with Gasteiger partial charge < -0.3 is 19.0 Å². The fourth-order valence-corrected chi connectivity index (χ4v) is 4.60. The van der Waals surface area contributed by atoms with Crippen molar-refractivity contribution in [3.8, 4) is 11.5 Å². The van der Waals surface area contributed by atoms with Gasteiger partial charge in [0.25, 0.3) is 0 Å². The minimum Gasteiger partial charge on any atom is -0.489 e. The summed E-state index contributed by atoms with van der Waals surface area (Å²) in [5.41, 5.74) is 3.05. The smallest absolute Gasteiger partial charge is 0.196 e. The van der Waals surface area contributed by atoms with Crippen molar-refractivity contribution in [1.29, 1.82) is 0 Å². The van der Waals surface area contributed by atoms with E-state index in [1.807, 2.05) is 42.5 Å². The molecule has 5 aromatic rings. The summed E-state index contributed by atoms with van der Waals surface area (Å²) in [6, 6.07) is 27.0. The quantitative estimate of drug-likeness (QED) is 0.277. The molecule has 0 aliphatic heterocycles. The Bertz CT molecular complexity index is 1610. The molecule has 1 saturated carbocycles. The average Bonchev–Trinajstić information content (AvgIpc) is 3.76. The van der Waals surface area contributed by atoms with Crippen molar-refractivity contribution < 1.29 is 19.0 Å². The second kappa shape index (κ2) is 9.51. The van der Waals surface area contributed by atoms with Crippen molar-refractivity contribution in [2.75, 3.05) is 0 Å². The van der Waals surface area contributed by atoms with Crippen molar-refractivity contribution in [1.82, 2.24) is 0 Å². The van der Waals surface area contributed by atoms with Gasteiger partial charge in [-0.25, -0.2) is 0 Å². The van der Waals surface area contributed by atoms with E-state index in [9.17, 15) is 9.90 Å². The van der Waals surface area contributed by atoms with Crippen LogP contribution in [0.2, 0.25) is 0 Å². The molecule has 1 heterocycles. The van der Waals surface area contributed by atoms with Crippen LogP contribution in [0.3, 0.4) is 0 Å². The van der Waals surface area contributed by atoms with Gasteiger partial charge in [0.2, 0.25) is 0 Å². The van der Waals surface area contributed by atoms with Crippen LogP contribution in [0.15, 0.2) is 94.1 Å². The van der Waals surface area contributed by atoms with E-state index in [2.05, 4.69) is 24.3 Å². The van der Waals surface area contributed by atoms with Crippen molar-refractivity contribution >= 4 is 21.7 Å². The van der Waals surface area contributed by atoms with E-state index in [-0.39, 0.29) is 18.6 Å². The van der Waals surface area contributed by atoms with Crippen LogP contribution in [0.5, 0.6) is 11.5 Å². The fraction of sp³-hybridized carbons (Fsp3) is 0.194. The zero-order valence-electron chi connectivity index (χ0n) is 19.8. The summed E-state index contributed by atoms with van der Waals surface area (Å²) in [5, 5.41) is 12.4. The van der Waals surface area contributed by atoms with Gasteiger partial charge in [-0.1, -0.05) is 66.7 Å². The molecule has 4 aromatic carbocycles. The summed E-state index contributed by atoms with van der Waals surface area (Å²) in [5.74, 6) is 2.00. The molecule has 5 nitrogen and oxygen atoms in total. The third-order valence-electron chi connectivity index (χ3n) is 6.71. The van der Waals surface area contributed by atoms with Crippen LogP contribution < -0.4 is 14.9 Å². The molecule has 1 aliphatic rings. The zero-order chi connectivity index (χ0) is 24.5. The van der Waals surface area contributed by atoms with E-state index in [4.69, 9.17) is 13.9 Å². The lowest BCUT2D eigenvalue weighted by atomic mass is 10.1. The predicted molar refractivity (Wildman–Crippen MR) is 139 cm³/mol. The highest BCUT2D eigenvalue weighted by atomic mass is 16.5. The summed E-state index contributed by atoms with van der Waals surface area (Å²) >= 11 is 0. The van der Waals surface area contributed by atoms with Crippen molar-refractivity contribution in [2.24, 2.45) is 0 Å².